The van der Waals surface area contributed by atoms with Crippen molar-refractivity contribution in [1.29, 1.82) is 0 Å². The van der Waals surface area contributed by atoms with Gasteiger partial charge in [-0.15, -0.1) is 12.4 Å². The van der Waals surface area contributed by atoms with Crippen molar-refractivity contribution >= 4 is 30.0 Å². The third-order valence-corrected chi connectivity index (χ3v) is 4.07. The largest absolute Gasteiger partial charge is 0.465 e. The van der Waals surface area contributed by atoms with Crippen LogP contribution in [0, 0.1) is 11.2 Å². The van der Waals surface area contributed by atoms with Crippen molar-refractivity contribution < 1.29 is 18.7 Å². The first-order chi connectivity index (χ1) is 10.0. The van der Waals surface area contributed by atoms with Gasteiger partial charge in [0.1, 0.15) is 5.82 Å². The molecule has 0 radical (unpaired) electrons. The maximum Gasteiger partial charge on any atom is 0.337 e. The third-order valence-electron chi connectivity index (χ3n) is 4.07. The van der Waals surface area contributed by atoms with E-state index in [0.29, 0.717) is 12.8 Å². The molecule has 3 N–H and O–H groups in total. The maximum atomic E-state index is 13.8. The van der Waals surface area contributed by atoms with Crippen LogP contribution in [0.15, 0.2) is 18.2 Å². The molecule has 0 spiro atoms. The lowest BCUT2D eigenvalue weighted by molar-refractivity contribution is -0.124. The topological polar surface area (TPSA) is 81.4 Å². The minimum Gasteiger partial charge on any atom is -0.465 e. The summed E-state index contributed by atoms with van der Waals surface area (Å²) in [6.07, 6.45) is 3.28. The van der Waals surface area contributed by atoms with Gasteiger partial charge in [-0.3, -0.25) is 4.79 Å². The number of carbonyl (C=O) groups excluding carboxylic acids is 2. The molecule has 0 bridgehead atoms. The number of anilines is 1. The van der Waals surface area contributed by atoms with Crippen LogP contribution in [0.4, 0.5) is 10.1 Å². The van der Waals surface area contributed by atoms with Crippen LogP contribution in [0.2, 0.25) is 0 Å². The molecule has 122 valence electrons. The van der Waals surface area contributed by atoms with Gasteiger partial charge in [0.05, 0.1) is 23.8 Å². The lowest BCUT2D eigenvalue weighted by Gasteiger charge is -2.25. The highest BCUT2D eigenvalue weighted by Gasteiger charge is 2.40. The van der Waals surface area contributed by atoms with Crippen LogP contribution in [0.1, 0.15) is 36.0 Å². The van der Waals surface area contributed by atoms with Gasteiger partial charge in [-0.05, 0) is 31.0 Å². The Morgan fingerprint density at radius 1 is 1.36 bits per heavy atom. The fourth-order valence-corrected chi connectivity index (χ4v) is 2.70. The number of hydrogen-bond acceptors (Lipinski definition) is 4. The lowest BCUT2D eigenvalue weighted by atomic mass is 9.85. The van der Waals surface area contributed by atoms with E-state index in [1.165, 1.54) is 19.2 Å². The molecule has 1 saturated carbocycles. The highest BCUT2D eigenvalue weighted by Crippen LogP contribution is 2.38. The van der Waals surface area contributed by atoms with Crippen LogP contribution in [0.5, 0.6) is 0 Å². The summed E-state index contributed by atoms with van der Waals surface area (Å²) in [6.45, 7) is 0.233. The second-order valence-corrected chi connectivity index (χ2v) is 5.33. The number of nitrogens with two attached hydrogens (primary N) is 1. The number of ether oxygens (including phenoxy) is 1. The molecule has 5 nitrogen and oxygen atoms in total. The molecule has 0 heterocycles. The summed E-state index contributed by atoms with van der Waals surface area (Å²) in [5.41, 5.74) is 5.26. The van der Waals surface area contributed by atoms with E-state index in [9.17, 15) is 14.0 Å². The summed E-state index contributed by atoms with van der Waals surface area (Å²) in [4.78, 5) is 23.9. The maximum absolute atomic E-state index is 13.8. The molecule has 0 saturated heterocycles. The van der Waals surface area contributed by atoms with Gasteiger partial charge in [0, 0.05) is 6.54 Å². The fourth-order valence-electron chi connectivity index (χ4n) is 2.70. The Balaban J connectivity index is 0.00000242. The van der Waals surface area contributed by atoms with Crippen molar-refractivity contribution in [3.63, 3.8) is 0 Å². The lowest BCUT2D eigenvalue weighted by Crippen LogP contribution is -2.40. The SMILES string of the molecule is COC(=O)c1ccc(F)c(NC(=O)C2(CN)CCCC2)c1.Cl. The van der Waals surface area contributed by atoms with Crippen LogP contribution >= 0.6 is 12.4 Å². The van der Waals surface area contributed by atoms with Crippen molar-refractivity contribution in [3.8, 4) is 0 Å². The van der Waals surface area contributed by atoms with E-state index >= 15 is 0 Å². The third kappa shape index (κ3) is 3.56. The molecule has 7 heteroatoms. The molecule has 1 aromatic rings. The number of carbonyl (C=O) groups is 2. The summed E-state index contributed by atoms with van der Waals surface area (Å²) >= 11 is 0. The van der Waals surface area contributed by atoms with Crippen LogP contribution in [-0.2, 0) is 9.53 Å². The molecule has 0 unspecified atom stereocenters. The monoisotopic (exact) mass is 330 g/mol. The zero-order valence-corrected chi connectivity index (χ0v) is 13.2. The normalized spacial score (nSPS) is 15.8. The Morgan fingerprint density at radius 3 is 2.55 bits per heavy atom. The summed E-state index contributed by atoms with van der Waals surface area (Å²) in [6, 6.07) is 3.72. The quantitative estimate of drug-likeness (QED) is 0.831. The molecule has 1 aromatic carbocycles. The van der Waals surface area contributed by atoms with Gasteiger partial charge in [-0.2, -0.15) is 0 Å². The number of hydrogen-bond donors (Lipinski definition) is 2. The second-order valence-electron chi connectivity index (χ2n) is 5.33. The van der Waals surface area contributed by atoms with Crippen molar-refractivity contribution in [2.24, 2.45) is 11.1 Å². The second kappa shape index (κ2) is 7.56. The Labute approximate surface area is 134 Å². The number of esters is 1. The van der Waals surface area contributed by atoms with Crippen molar-refractivity contribution in [3.05, 3.63) is 29.6 Å². The first-order valence-electron chi connectivity index (χ1n) is 6.92. The average molecular weight is 331 g/mol. The van der Waals surface area contributed by atoms with Crippen LogP contribution in [0.3, 0.4) is 0 Å². The van der Waals surface area contributed by atoms with E-state index in [1.54, 1.807) is 0 Å². The van der Waals surface area contributed by atoms with E-state index in [0.717, 1.165) is 18.9 Å². The van der Waals surface area contributed by atoms with Gasteiger partial charge in [-0.1, -0.05) is 12.8 Å². The molecular formula is C15H20ClFN2O3. The van der Waals surface area contributed by atoms with E-state index < -0.39 is 17.2 Å². The van der Waals surface area contributed by atoms with Crippen molar-refractivity contribution in [2.75, 3.05) is 19.0 Å². The highest BCUT2D eigenvalue weighted by atomic mass is 35.5. The van der Waals surface area contributed by atoms with E-state index in [1.807, 2.05) is 0 Å². The van der Waals surface area contributed by atoms with Gasteiger partial charge in [0.2, 0.25) is 5.91 Å². The molecule has 1 amide bonds. The minimum atomic E-state index is -0.631. The number of benzene rings is 1. The van der Waals surface area contributed by atoms with Gasteiger partial charge >= 0.3 is 5.97 Å². The predicted molar refractivity (Wildman–Crippen MR) is 83.6 cm³/mol. The molecule has 2 rings (SSSR count). The Kier molecular flexibility index (Phi) is 6.32. The molecule has 1 aliphatic carbocycles. The van der Waals surface area contributed by atoms with Gasteiger partial charge in [0.25, 0.3) is 0 Å². The predicted octanol–water partition coefficient (Wildman–Crippen LogP) is 2.49. The molecule has 0 aliphatic heterocycles. The van der Waals surface area contributed by atoms with Gasteiger partial charge < -0.3 is 15.8 Å². The molecule has 0 aromatic heterocycles. The zero-order valence-electron chi connectivity index (χ0n) is 12.4. The Hall–Kier alpha value is -1.66. The molecule has 1 aliphatic rings. The fraction of sp³-hybridized carbons (Fsp3) is 0.467. The standard InChI is InChI=1S/C15H19FN2O3.ClH/c1-21-13(19)10-4-5-11(16)12(8-10)18-14(20)15(9-17)6-2-3-7-15;/h4-5,8H,2-3,6-7,9,17H2,1H3,(H,18,20);1H. The van der Waals surface area contributed by atoms with Crippen LogP contribution in [0.25, 0.3) is 0 Å². The Morgan fingerprint density at radius 2 is 2.00 bits per heavy atom. The number of amides is 1. The smallest absolute Gasteiger partial charge is 0.337 e. The number of nitrogens with one attached hydrogen (secondary N) is 1. The summed E-state index contributed by atoms with van der Waals surface area (Å²) < 4.78 is 18.4. The molecule has 1 fully saturated rings. The minimum absolute atomic E-state index is 0. The van der Waals surface area contributed by atoms with E-state index in [2.05, 4.69) is 10.1 Å². The molecule has 0 atom stereocenters. The van der Waals surface area contributed by atoms with Crippen LogP contribution in [-0.4, -0.2) is 25.5 Å². The Bertz CT molecular complexity index is 560. The summed E-state index contributed by atoms with van der Waals surface area (Å²) in [5, 5.41) is 2.56. The number of rotatable bonds is 4. The van der Waals surface area contributed by atoms with Crippen molar-refractivity contribution in [1.82, 2.24) is 0 Å². The highest BCUT2D eigenvalue weighted by molar-refractivity contribution is 5.97. The average Bonchev–Trinajstić information content (AvgIpc) is 2.98. The number of halogens is 2. The zero-order chi connectivity index (χ0) is 15.5. The number of methoxy groups -OCH3 is 1. The van der Waals surface area contributed by atoms with Crippen molar-refractivity contribution in [2.45, 2.75) is 25.7 Å². The molecule has 22 heavy (non-hydrogen) atoms. The van der Waals surface area contributed by atoms with E-state index in [4.69, 9.17) is 5.73 Å². The van der Waals surface area contributed by atoms with Crippen LogP contribution < -0.4 is 11.1 Å². The molecular weight excluding hydrogens is 311 g/mol. The first kappa shape index (κ1) is 18.4. The summed E-state index contributed by atoms with van der Waals surface area (Å²) in [7, 11) is 1.24. The summed E-state index contributed by atoms with van der Waals surface area (Å²) in [5.74, 6) is -1.47. The van der Waals surface area contributed by atoms with Gasteiger partial charge in [-0.25, -0.2) is 9.18 Å². The first-order valence-corrected chi connectivity index (χ1v) is 6.92. The van der Waals surface area contributed by atoms with E-state index in [-0.39, 0.29) is 36.1 Å². The van der Waals surface area contributed by atoms with Gasteiger partial charge in [0.15, 0.2) is 0 Å².